The predicted octanol–water partition coefficient (Wildman–Crippen LogP) is -0.639. The minimum absolute atomic E-state index is 0. The summed E-state index contributed by atoms with van der Waals surface area (Å²) in [7, 11) is 0. The van der Waals surface area contributed by atoms with Crippen molar-refractivity contribution in [2.45, 2.75) is 0 Å². The molecule has 0 aliphatic carbocycles. The van der Waals surface area contributed by atoms with Crippen LogP contribution in [-0.4, -0.2) is 22.5 Å². The van der Waals surface area contributed by atoms with Gasteiger partial charge in [-0.25, -0.2) is 18.2 Å². The molecule has 132 valence electrons. The summed E-state index contributed by atoms with van der Waals surface area (Å²) in [5.74, 6) is -3.79. The Morgan fingerprint density at radius 2 is 1.52 bits per heavy atom. The summed E-state index contributed by atoms with van der Waals surface area (Å²) in [6.45, 7) is -0.767. The smallest absolute Gasteiger partial charge is 0.546 e. The minimum atomic E-state index is -1.47. The Hall–Kier alpha value is -2.42. The van der Waals surface area contributed by atoms with Gasteiger partial charge in [-0.15, -0.1) is 0 Å². The van der Waals surface area contributed by atoms with Crippen LogP contribution in [0.1, 0.15) is 0 Å². The number of hydrogen-bond acceptors (Lipinski definition) is 5. The van der Waals surface area contributed by atoms with E-state index in [-0.39, 0.29) is 52.5 Å². The first kappa shape index (κ1) is 20.9. The van der Waals surface area contributed by atoms with Gasteiger partial charge in [0, 0.05) is 23.3 Å². The standard InChI is InChI=1S/C18H11F3N2O3.Na/c19-12-3-1-10(2-4-12)15-8-16(26-9-17(24)25)23-18(22-15)11-5-13(20)7-14(21)6-11;/h1-8H,9H2,(H,24,25);/q;+1/p-1. The Balaban J connectivity index is 0.00000261. The molecule has 0 atom stereocenters. The second-order valence-electron chi connectivity index (χ2n) is 5.24. The van der Waals surface area contributed by atoms with Gasteiger partial charge in [0.25, 0.3) is 0 Å². The van der Waals surface area contributed by atoms with E-state index in [1.807, 2.05) is 0 Å². The number of ether oxygens (including phenoxy) is 1. The largest absolute Gasteiger partial charge is 1.00 e. The van der Waals surface area contributed by atoms with Crippen LogP contribution < -0.4 is 39.4 Å². The Kier molecular flexibility index (Phi) is 6.95. The molecule has 5 nitrogen and oxygen atoms in total. The topological polar surface area (TPSA) is 75.1 Å². The number of carbonyl (C=O) groups is 1. The molecule has 0 saturated carbocycles. The molecule has 0 radical (unpaired) electrons. The zero-order chi connectivity index (χ0) is 18.7. The number of carbonyl (C=O) groups excluding carboxylic acids is 1. The fourth-order valence-corrected chi connectivity index (χ4v) is 2.21. The average molecular weight is 382 g/mol. The first-order chi connectivity index (χ1) is 12.4. The number of hydrogen-bond donors (Lipinski definition) is 0. The van der Waals surface area contributed by atoms with Crippen LogP contribution in [0.4, 0.5) is 13.2 Å². The molecule has 2 aromatic carbocycles. The SMILES string of the molecule is O=C([O-])COc1cc(-c2ccc(F)cc2)nc(-c2cc(F)cc(F)c2)n1.[Na+]. The Morgan fingerprint density at radius 1 is 0.889 bits per heavy atom. The maximum atomic E-state index is 13.5. The summed E-state index contributed by atoms with van der Waals surface area (Å²) in [5, 5.41) is 10.6. The molecule has 0 saturated heterocycles. The molecular weight excluding hydrogens is 372 g/mol. The molecular formula is C18H10F3N2NaO3. The van der Waals surface area contributed by atoms with Gasteiger partial charge in [-0.05, 0) is 36.4 Å². The van der Waals surface area contributed by atoms with Gasteiger partial charge in [-0.3, -0.25) is 0 Å². The van der Waals surface area contributed by atoms with Crippen LogP contribution in [0.25, 0.3) is 22.6 Å². The summed E-state index contributed by atoms with van der Waals surface area (Å²) < 4.78 is 45.1. The van der Waals surface area contributed by atoms with Crippen LogP contribution >= 0.6 is 0 Å². The normalized spacial score (nSPS) is 10.2. The molecule has 0 aliphatic rings. The molecule has 27 heavy (non-hydrogen) atoms. The quantitative estimate of drug-likeness (QED) is 0.549. The Morgan fingerprint density at radius 3 is 2.11 bits per heavy atom. The monoisotopic (exact) mass is 382 g/mol. The van der Waals surface area contributed by atoms with Crippen LogP contribution in [0.15, 0.2) is 48.5 Å². The summed E-state index contributed by atoms with van der Waals surface area (Å²) in [5.41, 5.74) is 0.767. The number of nitrogens with zero attached hydrogens (tertiary/aromatic N) is 2. The van der Waals surface area contributed by atoms with Crippen LogP contribution in [0.5, 0.6) is 5.88 Å². The number of aliphatic carboxylic acids is 1. The van der Waals surface area contributed by atoms with E-state index in [0.29, 0.717) is 11.6 Å². The number of rotatable bonds is 5. The molecule has 0 fully saturated rings. The van der Waals surface area contributed by atoms with Gasteiger partial charge >= 0.3 is 29.6 Å². The third-order valence-electron chi connectivity index (χ3n) is 3.30. The fourth-order valence-electron chi connectivity index (χ4n) is 2.21. The maximum Gasteiger partial charge on any atom is 1.00 e. The minimum Gasteiger partial charge on any atom is -0.546 e. The van der Waals surface area contributed by atoms with E-state index in [9.17, 15) is 23.1 Å². The Bertz CT molecular complexity index is 948. The van der Waals surface area contributed by atoms with Crippen molar-refractivity contribution in [3.8, 4) is 28.5 Å². The van der Waals surface area contributed by atoms with Crippen molar-refractivity contribution in [1.29, 1.82) is 0 Å². The average Bonchev–Trinajstić information content (AvgIpc) is 2.59. The van der Waals surface area contributed by atoms with Crippen molar-refractivity contribution < 1.29 is 57.4 Å². The van der Waals surface area contributed by atoms with E-state index in [1.165, 1.54) is 30.3 Å². The van der Waals surface area contributed by atoms with E-state index in [1.54, 1.807) is 0 Å². The third-order valence-corrected chi connectivity index (χ3v) is 3.30. The first-order valence-corrected chi connectivity index (χ1v) is 7.35. The number of carboxylic acid groups (broad SMARTS) is 1. The number of benzene rings is 2. The molecule has 9 heteroatoms. The van der Waals surface area contributed by atoms with Crippen molar-refractivity contribution in [2.24, 2.45) is 0 Å². The van der Waals surface area contributed by atoms with Crippen molar-refractivity contribution in [3.05, 3.63) is 66.0 Å². The number of aromatic nitrogens is 2. The third kappa shape index (κ3) is 5.53. The van der Waals surface area contributed by atoms with Gasteiger partial charge in [-0.2, -0.15) is 4.98 Å². The van der Waals surface area contributed by atoms with Crippen LogP contribution in [-0.2, 0) is 4.79 Å². The molecule has 0 unspecified atom stereocenters. The van der Waals surface area contributed by atoms with Crippen LogP contribution in [0.2, 0.25) is 0 Å². The van der Waals surface area contributed by atoms with Gasteiger partial charge < -0.3 is 14.6 Å². The molecule has 1 heterocycles. The van der Waals surface area contributed by atoms with Crippen LogP contribution in [0.3, 0.4) is 0 Å². The molecule has 0 bridgehead atoms. The van der Waals surface area contributed by atoms with Gasteiger partial charge in [0.2, 0.25) is 5.88 Å². The molecule has 0 amide bonds. The van der Waals surface area contributed by atoms with Crippen molar-refractivity contribution in [3.63, 3.8) is 0 Å². The van der Waals surface area contributed by atoms with Crippen molar-refractivity contribution in [1.82, 2.24) is 9.97 Å². The Labute approximate surface area is 174 Å². The van der Waals surface area contributed by atoms with E-state index < -0.39 is 30.0 Å². The van der Waals surface area contributed by atoms with Crippen molar-refractivity contribution >= 4 is 5.97 Å². The predicted molar refractivity (Wildman–Crippen MR) is 83.3 cm³/mol. The van der Waals surface area contributed by atoms with E-state index in [0.717, 1.165) is 12.1 Å². The second kappa shape index (κ2) is 8.98. The zero-order valence-electron chi connectivity index (χ0n) is 14.1. The molecule has 0 N–H and O–H groups in total. The van der Waals surface area contributed by atoms with Gasteiger partial charge in [0.1, 0.15) is 24.1 Å². The van der Waals surface area contributed by atoms with Crippen molar-refractivity contribution in [2.75, 3.05) is 6.61 Å². The molecule has 3 aromatic rings. The van der Waals surface area contributed by atoms with Gasteiger partial charge in [0.15, 0.2) is 5.82 Å². The molecule has 0 spiro atoms. The second-order valence-corrected chi connectivity index (χ2v) is 5.24. The maximum absolute atomic E-state index is 13.5. The molecule has 1 aromatic heterocycles. The van der Waals surface area contributed by atoms with E-state index >= 15 is 0 Å². The fraction of sp³-hybridized carbons (Fsp3) is 0.0556. The van der Waals surface area contributed by atoms with Crippen LogP contribution in [0, 0.1) is 17.5 Å². The summed E-state index contributed by atoms with van der Waals surface area (Å²) in [4.78, 5) is 18.8. The summed E-state index contributed by atoms with van der Waals surface area (Å²) in [6, 6.07) is 9.37. The molecule has 0 aliphatic heterocycles. The van der Waals surface area contributed by atoms with Gasteiger partial charge in [0.05, 0.1) is 11.7 Å². The first-order valence-electron chi connectivity index (χ1n) is 7.35. The number of halogens is 3. The van der Waals surface area contributed by atoms with E-state index in [2.05, 4.69) is 9.97 Å². The number of carboxylic acids is 1. The summed E-state index contributed by atoms with van der Waals surface area (Å²) >= 11 is 0. The van der Waals surface area contributed by atoms with Gasteiger partial charge in [-0.1, -0.05) is 0 Å². The molecule has 3 rings (SSSR count). The zero-order valence-corrected chi connectivity index (χ0v) is 16.1. The van der Waals surface area contributed by atoms with E-state index in [4.69, 9.17) is 4.74 Å². The summed E-state index contributed by atoms with van der Waals surface area (Å²) in [6.07, 6.45) is 0.